The minimum Gasteiger partial charge on any atom is -0.486 e. The highest BCUT2D eigenvalue weighted by atomic mass is 32.2. The zero-order valence-electron chi connectivity index (χ0n) is 25.9. The molecule has 0 aromatic heterocycles. The lowest BCUT2D eigenvalue weighted by molar-refractivity contribution is -0.0907. The van der Waals surface area contributed by atoms with E-state index in [1.165, 1.54) is 16.4 Å². The molecule has 0 saturated carbocycles. The van der Waals surface area contributed by atoms with Crippen LogP contribution in [0.5, 0.6) is 11.5 Å². The van der Waals surface area contributed by atoms with Gasteiger partial charge < -0.3 is 39.8 Å². The van der Waals surface area contributed by atoms with Crippen molar-refractivity contribution in [3.8, 4) is 11.5 Å². The zero-order valence-corrected chi connectivity index (χ0v) is 26.7. The molecule has 12 nitrogen and oxygen atoms in total. The van der Waals surface area contributed by atoms with Gasteiger partial charge in [0.15, 0.2) is 17.8 Å². The molecule has 248 valence electrons. The van der Waals surface area contributed by atoms with Crippen LogP contribution < -0.4 is 20.5 Å². The minimum absolute atomic E-state index is 0.0233. The van der Waals surface area contributed by atoms with Crippen LogP contribution in [0.2, 0.25) is 0 Å². The molecule has 2 saturated heterocycles. The fraction of sp³-hybridized carbons (Fsp3) is 0.594. The Morgan fingerprint density at radius 2 is 1.87 bits per heavy atom. The number of ether oxygens (including phenoxy) is 5. The van der Waals surface area contributed by atoms with E-state index in [0.717, 1.165) is 18.4 Å². The fourth-order valence-corrected chi connectivity index (χ4v) is 7.74. The van der Waals surface area contributed by atoms with Gasteiger partial charge in [0.25, 0.3) is 0 Å². The molecule has 3 aliphatic heterocycles. The number of amides is 1. The fourth-order valence-electron chi connectivity index (χ4n) is 6.08. The van der Waals surface area contributed by atoms with Crippen molar-refractivity contribution in [1.29, 1.82) is 0 Å². The molecule has 0 radical (unpaired) electrons. The van der Waals surface area contributed by atoms with Crippen LogP contribution in [0.3, 0.4) is 0 Å². The van der Waals surface area contributed by atoms with Gasteiger partial charge in [-0.25, -0.2) is 13.2 Å². The number of alkyl carbamates (subject to hydrolysis) is 1. The molecule has 2 aromatic rings. The van der Waals surface area contributed by atoms with E-state index in [1.54, 1.807) is 6.07 Å². The van der Waals surface area contributed by atoms with Crippen molar-refractivity contribution in [3.05, 3.63) is 54.1 Å². The first-order valence-electron chi connectivity index (χ1n) is 15.6. The van der Waals surface area contributed by atoms with Crippen molar-refractivity contribution in [3.63, 3.8) is 0 Å². The average Bonchev–Trinajstić information content (AvgIpc) is 3.65. The first-order valence-corrected chi connectivity index (χ1v) is 17.0. The number of rotatable bonds is 14. The second-order valence-electron chi connectivity index (χ2n) is 12.6. The summed E-state index contributed by atoms with van der Waals surface area (Å²) in [7, 11) is -4.12. The molecular weight excluding hydrogens is 602 g/mol. The number of benzene rings is 2. The number of nitrogens with one attached hydrogen (secondary N) is 1. The third-order valence-electron chi connectivity index (χ3n) is 8.51. The second-order valence-corrected chi connectivity index (χ2v) is 14.6. The van der Waals surface area contributed by atoms with E-state index in [2.05, 4.69) is 5.32 Å². The maximum absolute atomic E-state index is 14.2. The summed E-state index contributed by atoms with van der Waals surface area (Å²) >= 11 is 0. The van der Waals surface area contributed by atoms with Gasteiger partial charge in [0.05, 0.1) is 36.2 Å². The summed E-state index contributed by atoms with van der Waals surface area (Å²) in [5.41, 5.74) is 6.18. The predicted octanol–water partition coefficient (Wildman–Crippen LogP) is 2.67. The zero-order chi connectivity index (χ0) is 32.0. The second kappa shape index (κ2) is 14.7. The van der Waals surface area contributed by atoms with Crippen LogP contribution in [0.4, 0.5) is 4.79 Å². The Morgan fingerprint density at radius 1 is 1.11 bits per heavy atom. The number of aliphatic hydroxyl groups excluding tert-OH is 1. The van der Waals surface area contributed by atoms with Gasteiger partial charge in [-0.15, -0.1) is 0 Å². The van der Waals surface area contributed by atoms with Crippen molar-refractivity contribution in [1.82, 2.24) is 9.62 Å². The largest absolute Gasteiger partial charge is 0.486 e. The third kappa shape index (κ3) is 8.46. The number of nitrogens with two attached hydrogens (primary N) is 1. The Labute approximate surface area is 265 Å². The van der Waals surface area contributed by atoms with Gasteiger partial charge >= 0.3 is 6.09 Å². The summed E-state index contributed by atoms with van der Waals surface area (Å²) in [6, 6.07) is 13.0. The number of carbonyl (C=O) groups excluding carboxylic acids is 1. The summed E-state index contributed by atoms with van der Waals surface area (Å²) in [5.74, 6) is 0.779. The van der Waals surface area contributed by atoms with E-state index in [-0.39, 0.29) is 43.2 Å². The van der Waals surface area contributed by atoms with Gasteiger partial charge in [-0.1, -0.05) is 44.2 Å². The molecule has 0 spiro atoms. The highest BCUT2D eigenvalue weighted by Gasteiger charge is 2.44. The molecule has 13 heteroatoms. The van der Waals surface area contributed by atoms with Gasteiger partial charge in [0.1, 0.15) is 19.3 Å². The molecular formula is C32H45N3O9S. The lowest BCUT2D eigenvalue weighted by Crippen LogP contribution is -2.52. The number of carbonyl (C=O) groups is 1. The lowest BCUT2D eigenvalue weighted by Gasteiger charge is -2.35. The minimum atomic E-state index is -4.12. The van der Waals surface area contributed by atoms with Crippen LogP contribution in [0, 0.1) is 11.3 Å². The topological polar surface area (TPSA) is 159 Å². The molecule has 3 heterocycles. The lowest BCUT2D eigenvalue weighted by atomic mass is 9.87. The number of fused-ring (bicyclic) bond motifs is 2. The maximum Gasteiger partial charge on any atom is 0.407 e. The molecule has 2 aromatic carbocycles. The molecule has 5 atom stereocenters. The van der Waals surface area contributed by atoms with Crippen LogP contribution in [-0.4, -0.2) is 94.5 Å². The number of sulfonamides is 1. The summed E-state index contributed by atoms with van der Waals surface area (Å²) in [5, 5.41) is 14.5. The van der Waals surface area contributed by atoms with E-state index in [9.17, 15) is 18.3 Å². The van der Waals surface area contributed by atoms with E-state index in [0.29, 0.717) is 44.3 Å². The average molecular weight is 648 g/mol. The van der Waals surface area contributed by atoms with Gasteiger partial charge in [-0.3, -0.25) is 0 Å². The quantitative estimate of drug-likeness (QED) is 0.278. The third-order valence-corrected chi connectivity index (χ3v) is 10.3. The highest BCUT2D eigenvalue weighted by molar-refractivity contribution is 7.89. The number of hydrogen-bond donors (Lipinski definition) is 3. The maximum atomic E-state index is 14.2. The predicted molar refractivity (Wildman–Crippen MR) is 165 cm³/mol. The molecule has 3 aliphatic rings. The number of hydrogen-bond acceptors (Lipinski definition) is 10. The van der Waals surface area contributed by atoms with Crippen LogP contribution in [0.15, 0.2) is 53.4 Å². The highest BCUT2D eigenvalue weighted by Crippen LogP contribution is 2.35. The number of aliphatic hydroxyl groups is 1. The van der Waals surface area contributed by atoms with Crippen LogP contribution in [-0.2, 0) is 30.7 Å². The monoisotopic (exact) mass is 647 g/mol. The van der Waals surface area contributed by atoms with E-state index < -0.39 is 39.8 Å². The summed E-state index contributed by atoms with van der Waals surface area (Å²) in [6.45, 7) is 5.74. The van der Waals surface area contributed by atoms with Gasteiger partial charge in [-0.2, -0.15) is 4.31 Å². The van der Waals surface area contributed by atoms with Crippen LogP contribution in [0.25, 0.3) is 0 Å². The van der Waals surface area contributed by atoms with E-state index in [4.69, 9.17) is 29.4 Å². The van der Waals surface area contributed by atoms with Gasteiger partial charge in [0.2, 0.25) is 10.0 Å². The van der Waals surface area contributed by atoms with Crippen molar-refractivity contribution in [2.24, 2.45) is 17.1 Å². The Kier molecular flexibility index (Phi) is 10.9. The normalized spacial score (nSPS) is 22.6. The summed E-state index contributed by atoms with van der Waals surface area (Å²) in [6.07, 6.45) is -0.459. The standard InChI is InChI=1S/C32H45N3O9S/c1-32(2,12-6-13-33)21-35(45(38,39)23-9-10-27-28(18-23)41-16-15-40-27)19-26(36)25(17-22-7-4-3-5-8-22)34-31(37)44-29-20-43-30-24(29)11-14-42-30/h3-5,7-10,18,24-26,29-30,36H,6,11-17,19-21,33H2,1-2H3,(H,34,37)/t24?,25-,26?,29?,30?/m0/s1. The van der Waals surface area contributed by atoms with Crippen molar-refractivity contribution < 1.29 is 42.0 Å². The molecule has 4 unspecified atom stereocenters. The van der Waals surface area contributed by atoms with Gasteiger partial charge in [0, 0.05) is 19.2 Å². The Hall–Kier alpha value is -2.94. The SMILES string of the molecule is CC(C)(CCCN)CN(CC(O)[C@H](Cc1ccccc1)NC(=O)OC1COC2OCCC12)S(=O)(=O)c1ccc2c(c1)OCCO2. The summed E-state index contributed by atoms with van der Waals surface area (Å²) in [4.78, 5) is 13.2. The van der Waals surface area contributed by atoms with E-state index >= 15 is 0 Å². The van der Waals surface area contributed by atoms with Crippen LogP contribution in [0.1, 0.15) is 38.7 Å². The Morgan fingerprint density at radius 3 is 2.62 bits per heavy atom. The van der Waals surface area contributed by atoms with Gasteiger partial charge in [-0.05, 0) is 55.3 Å². The van der Waals surface area contributed by atoms with Crippen LogP contribution >= 0.6 is 0 Å². The molecule has 45 heavy (non-hydrogen) atoms. The van der Waals surface area contributed by atoms with Crippen molar-refractivity contribution >= 4 is 16.1 Å². The molecule has 1 amide bonds. The van der Waals surface area contributed by atoms with Crippen molar-refractivity contribution in [2.75, 3.05) is 46.1 Å². The van der Waals surface area contributed by atoms with Crippen molar-refractivity contribution in [2.45, 2.75) is 69.0 Å². The molecule has 2 fully saturated rings. The molecule has 0 aliphatic carbocycles. The molecule has 5 rings (SSSR count). The smallest absolute Gasteiger partial charge is 0.407 e. The molecule has 0 bridgehead atoms. The van der Waals surface area contributed by atoms with E-state index in [1.807, 2.05) is 44.2 Å². The first kappa shape index (κ1) is 33.4. The molecule has 4 N–H and O–H groups in total. The Bertz CT molecular complexity index is 1390. The summed E-state index contributed by atoms with van der Waals surface area (Å²) < 4.78 is 57.8. The first-order chi connectivity index (χ1) is 21.6. The number of nitrogens with zero attached hydrogens (tertiary/aromatic N) is 1. The Balaban J connectivity index is 1.38.